The maximum absolute atomic E-state index is 2.66. The fourth-order valence-corrected chi connectivity index (χ4v) is 13.6. The monoisotopic (exact) mass is 974 g/mol. The van der Waals surface area contributed by atoms with E-state index in [9.17, 15) is 0 Å². The molecule has 0 bridgehead atoms. The first-order chi connectivity index (χ1) is 35.6. The van der Waals surface area contributed by atoms with Crippen molar-refractivity contribution < 1.29 is 0 Å². The van der Waals surface area contributed by atoms with Crippen molar-refractivity contribution in [3.8, 4) is 22.3 Å². The minimum absolute atomic E-state index is 0.00405. The van der Waals surface area contributed by atoms with Gasteiger partial charge in [0.15, 0.2) is 0 Å². The quantitative estimate of drug-likeness (QED) is 0.125. The lowest BCUT2D eigenvalue weighted by Gasteiger charge is -2.44. The molecular weight excluding hydrogens is 912 g/mol. The van der Waals surface area contributed by atoms with E-state index in [1.807, 2.05) is 11.3 Å². The lowest BCUT2D eigenvalue weighted by molar-refractivity contribution is 0.590. The van der Waals surface area contributed by atoms with E-state index in [4.69, 9.17) is 0 Å². The van der Waals surface area contributed by atoms with Crippen LogP contribution in [0, 0.1) is 0 Å². The van der Waals surface area contributed by atoms with Crippen molar-refractivity contribution in [1.29, 1.82) is 0 Å². The zero-order valence-electron chi connectivity index (χ0n) is 44.5. The van der Waals surface area contributed by atoms with Crippen LogP contribution >= 0.6 is 11.3 Å². The van der Waals surface area contributed by atoms with E-state index in [0.717, 1.165) is 6.42 Å². The third-order valence-corrected chi connectivity index (χ3v) is 17.5. The van der Waals surface area contributed by atoms with Crippen LogP contribution in [-0.2, 0) is 22.7 Å². The van der Waals surface area contributed by atoms with Gasteiger partial charge in [-0.3, -0.25) is 0 Å². The topological polar surface area (TPSA) is 6.48 Å². The van der Waals surface area contributed by atoms with E-state index in [-0.39, 0.29) is 23.0 Å². The SMILES string of the molecule is CCc1ccc(N2c3cccc4c3B(c3cc(C(C)(C)C)c(-c5ccccc5)cc3N4c3ccc(C(C)(C)C)cc3-c3ccc4c5ccccc5c5ccccc5c4c3)c3sc4ccc(C(C)(C)C)cc4c32)cc1. The summed E-state index contributed by atoms with van der Waals surface area (Å²) in [5.74, 6) is 0. The Bertz CT molecular complexity index is 4030. The lowest BCUT2D eigenvalue weighted by atomic mass is 9.36. The molecule has 0 spiro atoms. The zero-order chi connectivity index (χ0) is 51.0. The highest BCUT2D eigenvalue weighted by molar-refractivity contribution is 7.33. The predicted octanol–water partition coefficient (Wildman–Crippen LogP) is 18.2. The van der Waals surface area contributed by atoms with E-state index >= 15 is 0 Å². The molecule has 0 aliphatic carbocycles. The molecule has 4 heteroatoms. The Morgan fingerprint density at radius 3 is 1.65 bits per heavy atom. The van der Waals surface area contributed by atoms with E-state index in [1.54, 1.807) is 0 Å². The number of nitrogens with zero attached hydrogens (tertiary/aromatic N) is 2. The van der Waals surface area contributed by atoms with Gasteiger partial charge in [-0.05, 0) is 166 Å². The molecule has 74 heavy (non-hydrogen) atoms. The molecule has 0 atom stereocenters. The Balaban J connectivity index is 1.15. The maximum Gasteiger partial charge on any atom is 0.264 e. The van der Waals surface area contributed by atoms with Gasteiger partial charge in [0.1, 0.15) is 0 Å². The van der Waals surface area contributed by atoms with Crippen molar-refractivity contribution in [2.45, 2.75) is 91.9 Å². The van der Waals surface area contributed by atoms with Crippen LogP contribution in [0.3, 0.4) is 0 Å². The Morgan fingerprint density at radius 1 is 0.419 bits per heavy atom. The van der Waals surface area contributed by atoms with E-state index in [2.05, 4.69) is 267 Å². The molecular formula is C70H63BN2S. The minimum Gasteiger partial charge on any atom is -0.311 e. The van der Waals surface area contributed by atoms with E-state index in [1.165, 1.54) is 137 Å². The summed E-state index contributed by atoms with van der Waals surface area (Å²) in [4.78, 5) is 5.27. The van der Waals surface area contributed by atoms with Crippen molar-refractivity contribution in [2.24, 2.45) is 0 Å². The highest BCUT2D eigenvalue weighted by Gasteiger charge is 2.46. The molecule has 0 saturated carbocycles. The summed E-state index contributed by atoms with van der Waals surface area (Å²) in [6.07, 6.45) is 0.998. The molecule has 13 rings (SSSR count). The molecule has 0 fully saturated rings. The Morgan fingerprint density at radius 2 is 1.01 bits per heavy atom. The number of fused-ring (bicyclic) bond motifs is 12. The fourth-order valence-electron chi connectivity index (χ4n) is 12.3. The largest absolute Gasteiger partial charge is 0.311 e. The van der Waals surface area contributed by atoms with Crippen molar-refractivity contribution in [3.05, 3.63) is 210 Å². The molecule has 0 radical (unpaired) electrons. The van der Waals surface area contributed by atoms with Gasteiger partial charge in [0.25, 0.3) is 6.71 Å². The summed E-state index contributed by atoms with van der Waals surface area (Å²) in [5, 5.41) is 9.03. The molecule has 1 aromatic heterocycles. The van der Waals surface area contributed by atoms with Crippen molar-refractivity contribution in [3.63, 3.8) is 0 Å². The van der Waals surface area contributed by atoms with Crippen LogP contribution in [0.5, 0.6) is 0 Å². The standard InChI is InChI=1S/C70H63BN2S/c1-11-43-28-33-48(34-29-43)72-61-26-19-27-62-65(61)71(67-66(72)57-40-47(69(5,6)7)32-37-64(57)74-67)59-42-58(70(8,9)10)54(44-20-13-12-14-21-44)41-63(59)73(62)60-36-31-46(68(2,3)4)39-55(60)45-30-35-53-51-24-16-15-22-49(51)50-23-17-18-25-52(50)56(53)38-45/h12-42H,11H2,1-10H3. The summed E-state index contributed by atoms with van der Waals surface area (Å²) in [6, 6.07) is 72.5. The first-order valence-corrected chi connectivity index (χ1v) is 27.5. The van der Waals surface area contributed by atoms with Crippen LogP contribution < -0.4 is 25.5 Å². The van der Waals surface area contributed by atoms with Gasteiger partial charge < -0.3 is 9.80 Å². The van der Waals surface area contributed by atoms with Crippen LogP contribution in [0.2, 0.25) is 0 Å². The first-order valence-electron chi connectivity index (χ1n) is 26.7. The predicted molar refractivity (Wildman–Crippen MR) is 325 cm³/mol. The number of rotatable bonds is 5. The molecule has 10 aromatic carbocycles. The number of benzene rings is 10. The molecule has 11 aromatic rings. The second-order valence-corrected chi connectivity index (χ2v) is 25.1. The Labute approximate surface area is 442 Å². The minimum atomic E-state index is -0.144. The summed E-state index contributed by atoms with van der Waals surface area (Å²) in [7, 11) is 0. The maximum atomic E-state index is 2.66. The summed E-state index contributed by atoms with van der Waals surface area (Å²) >= 11 is 1.99. The number of thiophene rings is 1. The normalized spacial score (nSPS) is 13.5. The number of aryl methyl sites for hydroxylation is 1. The second-order valence-electron chi connectivity index (χ2n) is 24.0. The molecule has 2 aliphatic heterocycles. The zero-order valence-corrected chi connectivity index (χ0v) is 45.3. The molecule has 2 nitrogen and oxygen atoms in total. The molecule has 0 amide bonds. The third-order valence-electron chi connectivity index (χ3n) is 16.2. The second kappa shape index (κ2) is 16.8. The molecule has 3 heterocycles. The lowest BCUT2D eigenvalue weighted by Crippen LogP contribution is -2.60. The molecule has 2 aliphatic rings. The summed E-state index contributed by atoms with van der Waals surface area (Å²) < 4.78 is 2.72. The van der Waals surface area contributed by atoms with Gasteiger partial charge in [-0.25, -0.2) is 0 Å². The van der Waals surface area contributed by atoms with Gasteiger partial charge in [-0.1, -0.05) is 197 Å². The van der Waals surface area contributed by atoms with Gasteiger partial charge in [0, 0.05) is 43.2 Å². The van der Waals surface area contributed by atoms with Gasteiger partial charge in [-0.2, -0.15) is 0 Å². The molecule has 0 N–H and O–H groups in total. The fraction of sp³-hybridized carbons (Fsp3) is 0.200. The number of hydrogen-bond acceptors (Lipinski definition) is 3. The molecule has 0 unspecified atom stereocenters. The summed E-state index contributed by atoms with van der Waals surface area (Å²) in [6.45, 7) is 23.4. The smallest absolute Gasteiger partial charge is 0.264 e. The van der Waals surface area contributed by atoms with Crippen molar-refractivity contribution >= 4 is 110 Å². The van der Waals surface area contributed by atoms with Crippen molar-refractivity contribution in [2.75, 3.05) is 9.80 Å². The van der Waals surface area contributed by atoms with E-state index < -0.39 is 0 Å². The average Bonchev–Trinajstić information content (AvgIpc) is 3.79. The van der Waals surface area contributed by atoms with Gasteiger partial charge in [0.2, 0.25) is 0 Å². The average molecular weight is 975 g/mol. The van der Waals surface area contributed by atoms with Gasteiger partial charge >= 0.3 is 0 Å². The van der Waals surface area contributed by atoms with Crippen LogP contribution in [-0.4, -0.2) is 6.71 Å². The Kier molecular flexibility index (Phi) is 10.5. The number of hydrogen-bond donors (Lipinski definition) is 0. The molecule has 362 valence electrons. The highest BCUT2D eigenvalue weighted by atomic mass is 32.1. The van der Waals surface area contributed by atoms with Gasteiger partial charge in [-0.15, -0.1) is 11.3 Å². The van der Waals surface area contributed by atoms with Crippen LogP contribution in [0.4, 0.5) is 34.1 Å². The number of anilines is 6. The first kappa shape index (κ1) is 46.4. The molecule has 0 saturated heterocycles. The van der Waals surface area contributed by atoms with E-state index in [0.29, 0.717) is 0 Å². The Hall–Kier alpha value is -7.40. The third kappa shape index (κ3) is 7.27. The van der Waals surface area contributed by atoms with Crippen LogP contribution in [0.1, 0.15) is 91.5 Å². The van der Waals surface area contributed by atoms with Crippen LogP contribution in [0.25, 0.3) is 64.7 Å². The van der Waals surface area contributed by atoms with Crippen LogP contribution in [0.15, 0.2) is 188 Å². The highest BCUT2D eigenvalue weighted by Crippen LogP contribution is 2.52. The van der Waals surface area contributed by atoms with Crippen molar-refractivity contribution in [1.82, 2.24) is 0 Å². The summed E-state index contributed by atoms with van der Waals surface area (Å²) in [5.41, 5.74) is 20.1. The van der Waals surface area contributed by atoms with Gasteiger partial charge in [0.05, 0.1) is 11.4 Å².